The van der Waals surface area contributed by atoms with Gasteiger partial charge in [-0.05, 0) is 51.0 Å². The van der Waals surface area contributed by atoms with Gasteiger partial charge in [-0.1, -0.05) is 44.2 Å². The standard InChI is InChI=1S/C15H20N2O.C5H12O.C2H6/c18-11-16-15-7-6-13-9-17(10-14(13)15)8-12-4-2-1-3-5-12;1-5(2,3)6-4;1-2/h1-5,11,13-15H,6-10H2,(H,16,18);1-4H3;1-2H3. The van der Waals surface area contributed by atoms with E-state index in [1.54, 1.807) is 7.11 Å². The zero-order valence-electron chi connectivity index (χ0n) is 17.5. The lowest BCUT2D eigenvalue weighted by molar-refractivity contribution is -0.110. The molecule has 1 saturated heterocycles. The molecule has 1 aromatic rings. The Bertz CT molecular complexity index is 499. The van der Waals surface area contributed by atoms with Crippen molar-refractivity contribution in [2.45, 2.75) is 65.6 Å². The number of carbonyl (C=O) groups excluding carboxylic acids is 1. The number of fused-ring (bicyclic) bond motifs is 1. The molecule has 1 aromatic carbocycles. The predicted molar refractivity (Wildman–Crippen MR) is 109 cm³/mol. The summed E-state index contributed by atoms with van der Waals surface area (Å²) in [7, 11) is 1.71. The van der Waals surface area contributed by atoms with Crippen LogP contribution in [0.3, 0.4) is 0 Å². The van der Waals surface area contributed by atoms with Crippen molar-refractivity contribution in [1.29, 1.82) is 0 Å². The van der Waals surface area contributed by atoms with Gasteiger partial charge in [-0.2, -0.15) is 0 Å². The molecule has 4 nitrogen and oxygen atoms in total. The number of nitrogens with zero attached hydrogens (tertiary/aromatic N) is 1. The van der Waals surface area contributed by atoms with Crippen LogP contribution in [-0.2, 0) is 16.1 Å². The van der Waals surface area contributed by atoms with E-state index in [4.69, 9.17) is 4.74 Å². The molecule has 4 heteroatoms. The molecule has 3 unspecified atom stereocenters. The Labute approximate surface area is 160 Å². The van der Waals surface area contributed by atoms with Crippen LogP contribution in [0.25, 0.3) is 0 Å². The molecule has 2 aliphatic rings. The molecule has 0 radical (unpaired) electrons. The SMILES string of the molecule is CC.COC(C)(C)C.O=CNC1CCC2CN(Cc3ccccc3)CC21. The first-order valence-electron chi connectivity index (χ1n) is 9.94. The normalized spacial score (nSPS) is 24.6. The third kappa shape index (κ3) is 7.46. The van der Waals surface area contributed by atoms with E-state index in [1.165, 1.54) is 18.5 Å². The van der Waals surface area contributed by atoms with E-state index in [9.17, 15) is 4.79 Å². The molecular weight excluding hydrogens is 324 g/mol. The van der Waals surface area contributed by atoms with Gasteiger partial charge in [0.05, 0.1) is 5.60 Å². The largest absolute Gasteiger partial charge is 0.379 e. The van der Waals surface area contributed by atoms with E-state index >= 15 is 0 Å². The number of benzene rings is 1. The van der Waals surface area contributed by atoms with E-state index in [1.807, 2.05) is 34.6 Å². The number of nitrogens with one attached hydrogen (secondary N) is 1. The average Bonchev–Trinajstić information content (AvgIpc) is 3.19. The molecule has 1 amide bonds. The van der Waals surface area contributed by atoms with Crippen molar-refractivity contribution >= 4 is 6.41 Å². The van der Waals surface area contributed by atoms with Gasteiger partial charge >= 0.3 is 0 Å². The van der Waals surface area contributed by atoms with Crippen LogP contribution in [-0.4, -0.2) is 43.2 Å². The summed E-state index contributed by atoms with van der Waals surface area (Å²) in [5.41, 5.74) is 1.43. The second-order valence-corrected chi connectivity index (χ2v) is 7.89. The van der Waals surface area contributed by atoms with E-state index < -0.39 is 0 Å². The predicted octanol–water partition coefficient (Wildman–Crippen LogP) is 4.10. The monoisotopic (exact) mass is 362 g/mol. The minimum absolute atomic E-state index is 0.0417. The number of hydrogen-bond donors (Lipinski definition) is 1. The highest BCUT2D eigenvalue weighted by Gasteiger charge is 2.42. The molecule has 1 heterocycles. The Balaban J connectivity index is 0.000000363. The Morgan fingerprint density at radius 2 is 1.77 bits per heavy atom. The van der Waals surface area contributed by atoms with Crippen LogP contribution in [0.15, 0.2) is 30.3 Å². The molecule has 1 saturated carbocycles. The van der Waals surface area contributed by atoms with Crippen LogP contribution in [0.5, 0.6) is 0 Å². The molecule has 0 aromatic heterocycles. The Morgan fingerprint density at radius 1 is 1.15 bits per heavy atom. The van der Waals surface area contributed by atoms with Crippen molar-refractivity contribution in [3.63, 3.8) is 0 Å². The van der Waals surface area contributed by atoms with Crippen molar-refractivity contribution < 1.29 is 9.53 Å². The first-order valence-corrected chi connectivity index (χ1v) is 9.94. The second-order valence-electron chi connectivity index (χ2n) is 7.89. The number of amides is 1. The number of hydrogen-bond acceptors (Lipinski definition) is 3. The summed E-state index contributed by atoms with van der Waals surface area (Å²) in [5, 5.41) is 2.99. The molecule has 26 heavy (non-hydrogen) atoms. The molecule has 148 valence electrons. The number of methoxy groups -OCH3 is 1. The average molecular weight is 363 g/mol. The van der Waals surface area contributed by atoms with Crippen LogP contribution in [0.1, 0.15) is 53.0 Å². The molecular formula is C22H38N2O2. The fourth-order valence-electron chi connectivity index (χ4n) is 3.62. The van der Waals surface area contributed by atoms with Gasteiger partial charge in [0.2, 0.25) is 6.41 Å². The van der Waals surface area contributed by atoms with Crippen LogP contribution in [0.2, 0.25) is 0 Å². The van der Waals surface area contributed by atoms with E-state index in [2.05, 4.69) is 40.5 Å². The third-order valence-electron chi connectivity index (χ3n) is 5.08. The quantitative estimate of drug-likeness (QED) is 0.820. The Hall–Kier alpha value is -1.39. The molecule has 0 spiro atoms. The van der Waals surface area contributed by atoms with Crippen molar-refractivity contribution in [2.24, 2.45) is 11.8 Å². The fourth-order valence-corrected chi connectivity index (χ4v) is 3.62. The number of likely N-dealkylation sites (tertiary alicyclic amines) is 1. The van der Waals surface area contributed by atoms with Gasteiger partial charge in [0.25, 0.3) is 0 Å². The molecule has 3 rings (SSSR count). The van der Waals surface area contributed by atoms with Crippen LogP contribution in [0.4, 0.5) is 0 Å². The van der Waals surface area contributed by atoms with Crippen molar-refractivity contribution in [1.82, 2.24) is 10.2 Å². The fraction of sp³-hybridized carbons (Fsp3) is 0.682. The summed E-state index contributed by atoms with van der Waals surface area (Å²) in [6.07, 6.45) is 3.29. The van der Waals surface area contributed by atoms with Gasteiger partial charge < -0.3 is 10.1 Å². The first-order chi connectivity index (χ1) is 12.4. The summed E-state index contributed by atoms with van der Waals surface area (Å²) in [5.74, 6) is 1.45. The van der Waals surface area contributed by atoms with Crippen LogP contribution >= 0.6 is 0 Å². The maximum Gasteiger partial charge on any atom is 0.207 e. The van der Waals surface area contributed by atoms with E-state index in [-0.39, 0.29) is 5.60 Å². The maximum absolute atomic E-state index is 10.6. The summed E-state index contributed by atoms with van der Waals surface area (Å²) >= 11 is 0. The summed E-state index contributed by atoms with van der Waals surface area (Å²) in [6, 6.07) is 11.1. The minimum Gasteiger partial charge on any atom is -0.379 e. The summed E-state index contributed by atoms with van der Waals surface area (Å²) in [4.78, 5) is 13.1. The lowest BCUT2D eigenvalue weighted by Gasteiger charge is -2.20. The third-order valence-corrected chi connectivity index (χ3v) is 5.08. The van der Waals surface area contributed by atoms with Gasteiger partial charge in [-0.15, -0.1) is 0 Å². The minimum atomic E-state index is 0.0417. The number of rotatable bonds is 4. The topological polar surface area (TPSA) is 41.6 Å². The molecule has 1 N–H and O–H groups in total. The highest BCUT2D eigenvalue weighted by atomic mass is 16.5. The smallest absolute Gasteiger partial charge is 0.207 e. The second kappa shape index (κ2) is 11.3. The summed E-state index contributed by atoms with van der Waals surface area (Å²) < 4.78 is 4.94. The van der Waals surface area contributed by atoms with Crippen molar-refractivity contribution in [3.05, 3.63) is 35.9 Å². The number of carbonyl (C=O) groups is 1. The van der Waals surface area contributed by atoms with Crippen LogP contribution in [0, 0.1) is 11.8 Å². The van der Waals surface area contributed by atoms with Gasteiger partial charge in [-0.25, -0.2) is 0 Å². The molecule has 1 aliphatic heterocycles. The van der Waals surface area contributed by atoms with Gasteiger partial charge in [0.1, 0.15) is 0 Å². The van der Waals surface area contributed by atoms with Gasteiger partial charge in [0, 0.05) is 32.8 Å². The first kappa shape index (κ1) is 22.7. The van der Waals surface area contributed by atoms with Gasteiger partial charge in [0.15, 0.2) is 0 Å². The molecule has 3 atom stereocenters. The lowest BCUT2D eigenvalue weighted by atomic mass is 9.98. The highest BCUT2D eigenvalue weighted by Crippen LogP contribution is 2.38. The molecule has 1 aliphatic carbocycles. The zero-order valence-corrected chi connectivity index (χ0v) is 17.5. The van der Waals surface area contributed by atoms with E-state index in [0.717, 1.165) is 31.8 Å². The van der Waals surface area contributed by atoms with Crippen molar-refractivity contribution in [2.75, 3.05) is 20.2 Å². The van der Waals surface area contributed by atoms with E-state index in [0.29, 0.717) is 12.0 Å². The maximum atomic E-state index is 10.6. The Kier molecular flexibility index (Phi) is 9.89. The van der Waals surface area contributed by atoms with Gasteiger partial charge in [-0.3, -0.25) is 9.69 Å². The van der Waals surface area contributed by atoms with Crippen molar-refractivity contribution in [3.8, 4) is 0 Å². The highest BCUT2D eigenvalue weighted by molar-refractivity contribution is 5.47. The lowest BCUT2D eigenvalue weighted by Crippen LogP contribution is -2.34. The molecule has 0 bridgehead atoms. The summed E-state index contributed by atoms with van der Waals surface area (Å²) in [6.45, 7) is 13.4. The molecule has 2 fully saturated rings. The number of ether oxygens (including phenoxy) is 1. The zero-order chi connectivity index (χ0) is 19.6. The van der Waals surface area contributed by atoms with Crippen LogP contribution < -0.4 is 5.32 Å². The Morgan fingerprint density at radius 3 is 2.31 bits per heavy atom.